The zero-order valence-corrected chi connectivity index (χ0v) is 14.2. The lowest BCUT2D eigenvalue weighted by molar-refractivity contribution is -0.0512. The van der Waals surface area contributed by atoms with Crippen molar-refractivity contribution in [1.29, 1.82) is 0 Å². The first-order valence-corrected chi connectivity index (χ1v) is 8.16. The fourth-order valence-corrected chi connectivity index (χ4v) is 2.70. The van der Waals surface area contributed by atoms with Crippen LogP contribution in [0.25, 0.3) is 0 Å². The molecule has 0 aromatic heterocycles. The predicted octanol–water partition coefficient (Wildman–Crippen LogP) is 2.89. The van der Waals surface area contributed by atoms with Crippen molar-refractivity contribution in [2.45, 2.75) is 32.8 Å². The zero-order valence-electron chi connectivity index (χ0n) is 14.2. The van der Waals surface area contributed by atoms with Crippen LogP contribution in [0.1, 0.15) is 25.3 Å². The SMILES string of the molecule is COc1ccc(CCN=C(N)N2CCC(C)CC2)cc1OC(F)F. The Bertz CT molecular complexity index is 559. The molecule has 1 aromatic carbocycles. The second-order valence-electron chi connectivity index (χ2n) is 6.02. The molecule has 134 valence electrons. The van der Waals surface area contributed by atoms with Gasteiger partial charge in [-0.2, -0.15) is 8.78 Å². The van der Waals surface area contributed by atoms with Crippen LogP contribution in [-0.4, -0.2) is 44.2 Å². The molecule has 1 saturated heterocycles. The van der Waals surface area contributed by atoms with Crippen LogP contribution >= 0.6 is 0 Å². The van der Waals surface area contributed by atoms with Crippen molar-refractivity contribution in [2.75, 3.05) is 26.7 Å². The fraction of sp³-hybridized carbons (Fsp3) is 0.588. The number of halogens is 2. The highest BCUT2D eigenvalue weighted by Gasteiger charge is 2.17. The lowest BCUT2D eigenvalue weighted by Gasteiger charge is -2.31. The van der Waals surface area contributed by atoms with E-state index in [4.69, 9.17) is 10.5 Å². The van der Waals surface area contributed by atoms with Gasteiger partial charge >= 0.3 is 6.61 Å². The molecule has 0 unspecified atom stereocenters. The van der Waals surface area contributed by atoms with Crippen LogP contribution in [0.4, 0.5) is 8.78 Å². The molecule has 0 spiro atoms. The molecule has 0 aliphatic carbocycles. The molecule has 1 fully saturated rings. The first-order chi connectivity index (χ1) is 11.5. The summed E-state index contributed by atoms with van der Waals surface area (Å²) in [5, 5.41) is 0. The van der Waals surface area contributed by atoms with Crippen LogP contribution in [0.2, 0.25) is 0 Å². The number of nitrogens with zero attached hydrogens (tertiary/aromatic N) is 2. The summed E-state index contributed by atoms with van der Waals surface area (Å²) in [4.78, 5) is 6.50. The molecule has 24 heavy (non-hydrogen) atoms. The topological polar surface area (TPSA) is 60.1 Å². The number of ether oxygens (including phenoxy) is 2. The Hall–Kier alpha value is -2.05. The van der Waals surface area contributed by atoms with Crippen molar-refractivity contribution in [2.24, 2.45) is 16.6 Å². The highest BCUT2D eigenvalue weighted by Crippen LogP contribution is 2.29. The summed E-state index contributed by atoms with van der Waals surface area (Å²) in [5.74, 6) is 1.61. The molecule has 2 rings (SSSR count). The summed E-state index contributed by atoms with van der Waals surface area (Å²) in [6.07, 6.45) is 2.85. The summed E-state index contributed by atoms with van der Waals surface area (Å²) < 4.78 is 34.4. The average Bonchev–Trinajstić information content (AvgIpc) is 2.55. The van der Waals surface area contributed by atoms with Crippen molar-refractivity contribution < 1.29 is 18.3 Å². The van der Waals surface area contributed by atoms with Gasteiger partial charge in [-0.25, -0.2) is 0 Å². The van der Waals surface area contributed by atoms with Gasteiger partial charge in [0, 0.05) is 19.6 Å². The van der Waals surface area contributed by atoms with E-state index in [1.807, 2.05) is 6.07 Å². The van der Waals surface area contributed by atoms with Gasteiger partial charge in [0.15, 0.2) is 17.5 Å². The smallest absolute Gasteiger partial charge is 0.387 e. The van der Waals surface area contributed by atoms with E-state index in [0.717, 1.165) is 37.4 Å². The summed E-state index contributed by atoms with van der Waals surface area (Å²) >= 11 is 0. The third-order valence-electron chi connectivity index (χ3n) is 4.23. The lowest BCUT2D eigenvalue weighted by atomic mass is 10.00. The van der Waals surface area contributed by atoms with Crippen LogP contribution in [-0.2, 0) is 6.42 Å². The van der Waals surface area contributed by atoms with E-state index in [1.165, 1.54) is 7.11 Å². The number of guanidine groups is 1. The fourth-order valence-electron chi connectivity index (χ4n) is 2.70. The maximum absolute atomic E-state index is 12.4. The number of hydrogen-bond donors (Lipinski definition) is 1. The van der Waals surface area contributed by atoms with Gasteiger partial charge in [-0.15, -0.1) is 0 Å². The number of piperidine rings is 1. The summed E-state index contributed by atoms with van der Waals surface area (Å²) in [7, 11) is 1.41. The van der Waals surface area contributed by atoms with Crippen molar-refractivity contribution in [3.8, 4) is 11.5 Å². The molecule has 0 amide bonds. The lowest BCUT2D eigenvalue weighted by Crippen LogP contribution is -2.42. The maximum atomic E-state index is 12.4. The second-order valence-corrected chi connectivity index (χ2v) is 6.02. The minimum Gasteiger partial charge on any atom is -0.493 e. The second kappa shape index (κ2) is 8.70. The molecule has 5 nitrogen and oxygen atoms in total. The Morgan fingerprint density at radius 2 is 2.04 bits per heavy atom. The number of likely N-dealkylation sites (tertiary alicyclic amines) is 1. The van der Waals surface area contributed by atoms with E-state index in [9.17, 15) is 8.78 Å². The van der Waals surface area contributed by atoms with Gasteiger partial charge in [-0.1, -0.05) is 13.0 Å². The maximum Gasteiger partial charge on any atom is 0.387 e. The first kappa shape index (κ1) is 18.3. The Labute approximate surface area is 141 Å². The van der Waals surface area contributed by atoms with Crippen molar-refractivity contribution in [3.05, 3.63) is 23.8 Å². The number of hydrogen-bond acceptors (Lipinski definition) is 3. The molecule has 0 atom stereocenters. The van der Waals surface area contributed by atoms with Gasteiger partial charge in [0.05, 0.1) is 7.11 Å². The normalized spacial score (nSPS) is 16.5. The average molecular weight is 341 g/mol. The first-order valence-electron chi connectivity index (χ1n) is 8.16. The molecular formula is C17H25F2N3O2. The molecule has 1 heterocycles. The molecule has 0 bridgehead atoms. The number of methoxy groups -OCH3 is 1. The number of alkyl halides is 2. The largest absolute Gasteiger partial charge is 0.493 e. The van der Waals surface area contributed by atoms with Crippen LogP contribution in [0.5, 0.6) is 11.5 Å². The molecule has 0 saturated carbocycles. The van der Waals surface area contributed by atoms with Crippen LogP contribution in [0.15, 0.2) is 23.2 Å². The van der Waals surface area contributed by atoms with Crippen LogP contribution in [0, 0.1) is 5.92 Å². The highest BCUT2D eigenvalue weighted by atomic mass is 19.3. The minimum atomic E-state index is -2.88. The molecule has 0 radical (unpaired) electrons. The van der Waals surface area contributed by atoms with Gasteiger partial charge in [-0.05, 0) is 42.9 Å². The monoisotopic (exact) mass is 341 g/mol. The number of benzene rings is 1. The third kappa shape index (κ3) is 5.25. The zero-order chi connectivity index (χ0) is 17.5. The van der Waals surface area contributed by atoms with Crippen molar-refractivity contribution in [3.63, 3.8) is 0 Å². The van der Waals surface area contributed by atoms with Crippen LogP contribution in [0.3, 0.4) is 0 Å². The Morgan fingerprint density at radius 3 is 2.67 bits per heavy atom. The molecule has 2 N–H and O–H groups in total. The number of rotatable bonds is 6. The molecule has 1 aromatic rings. The Balaban J connectivity index is 1.92. The van der Waals surface area contributed by atoms with Crippen molar-refractivity contribution >= 4 is 5.96 Å². The van der Waals surface area contributed by atoms with E-state index in [0.29, 0.717) is 18.9 Å². The third-order valence-corrected chi connectivity index (χ3v) is 4.23. The molecule has 1 aliphatic heterocycles. The quantitative estimate of drug-likeness (QED) is 0.638. The Kier molecular flexibility index (Phi) is 6.63. The van der Waals surface area contributed by atoms with Gasteiger partial charge in [0.25, 0.3) is 0 Å². The number of nitrogens with two attached hydrogens (primary N) is 1. The van der Waals surface area contributed by atoms with Gasteiger partial charge in [0.1, 0.15) is 0 Å². The molecule has 7 heteroatoms. The van der Waals surface area contributed by atoms with E-state index >= 15 is 0 Å². The molecular weight excluding hydrogens is 316 g/mol. The summed E-state index contributed by atoms with van der Waals surface area (Å²) in [6.45, 7) is 1.73. The van der Waals surface area contributed by atoms with E-state index < -0.39 is 6.61 Å². The predicted molar refractivity (Wildman–Crippen MR) is 89.8 cm³/mol. The Morgan fingerprint density at radius 1 is 1.33 bits per heavy atom. The van der Waals surface area contributed by atoms with E-state index in [1.54, 1.807) is 12.1 Å². The summed E-state index contributed by atoms with van der Waals surface area (Å²) in [5.41, 5.74) is 6.87. The summed E-state index contributed by atoms with van der Waals surface area (Å²) in [6, 6.07) is 4.98. The minimum absolute atomic E-state index is 0.0342. The van der Waals surface area contributed by atoms with E-state index in [-0.39, 0.29) is 11.5 Å². The van der Waals surface area contributed by atoms with Gasteiger partial charge in [-0.3, -0.25) is 4.99 Å². The van der Waals surface area contributed by atoms with Crippen LogP contribution < -0.4 is 15.2 Å². The number of aliphatic imine (C=N–C) groups is 1. The van der Waals surface area contributed by atoms with Gasteiger partial charge < -0.3 is 20.1 Å². The van der Waals surface area contributed by atoms with Crippen molar-refractivity contribution in [1.82, 2.24) is 4.90 Å². The van der Waals surface area contributed by atoms with Gasteiger partial charge in [0.2, 0.25) is 0 Å². The molecule has 1 aliphatic rings. The highest BCUT2D eigenvalue weighted by molar-refractivity contribution is 5.78. The van der Waals surface area contributed by atoms with E-state index in [2.05, 4.69) is 21.6 Å². The standard InChI is InChI=1S/C17H25F2N3O2/c1-12-6-9-22(10-7-12)17(20)21-8-5-13-3-4-14(23-2)15(11-13)24-16(18)19/h3-4,11-12,16H,5-10H2,1-2H3,(H2,20,21).